The van der Waals surface area contributed by atoms with Gasteiger partial charge in [-0.25, -0.2) is 0 Å². The van der Waals surface area contributed by atoms with Crippen molar-refractivity contribution in [3.05, 3.63) is 88.9 Å². The minimum atomic E-state index is -3.94. The van der Waals surface area contributed by atoms with E-state index in [4.69, 9.17) is 15.8 Å². The molecule has 0 aliphatic heterocycles. The van der Waals surface area contributed by atoms with Gasteiger partial charge >= 0.3 is 10.1 Å². The molecule has 0 spiro atoms. The molecule has 0 heterocycles. The number of hydrogen-bond donors (Lipinski definition) is 0. The molecule has 0 saturated carbocycles. The Hall–Kier alpha value is -2.63. The van der Waals surface area contributed by atoms with E-state index in [2.05, 4.69) is 4.99 Å². The molecular formula is C20H16ClNO3S. The summed E-state index contributed by atoms with van der Waals surface area (Å²) in [6.45, 7) is 1.99. The van der Waals surface area contributed by atoms with E-state index in [-0.39, 0.29) is 10.6 Å². The molecule has 132 valence electrons. The summed E-state index contributed by atoms with van der Waals surface area (Å²) >= 11 is 6.04. The number of halogens is 1. The van der Waals surface area contributed by atoms with Crippen molar-refractivity contribution in [2.24, 2.45) is 4.99 Å². The molecule has 0 aromatic heterocycles. The Morgan fingerprint density at radius 1 is 0.962 bits per heavy atom. The first-order valence-electron chi connectivity index (χ1n) is 7.84. The van der Waals surface area contributed by atoms with Crippen LogP contribution < -0.4 is 4.18 Å². The maximum absolute atomic E-state index is 12.5. The normalized spacial score (nSPS) is 11.6. The number of aryl methyl sites for hydroxylation is 1. The monoisotopic (exact) mass is 385 g/mol. The second kappa shape index (κ2) is 7.72. The van der Waals surface area contributed by atoms with Gasteiger partial charge in [0, 0.05) is 16.8 Å². The van der Waals surface area contributed by atoms with Gasteiger partial charge < -0.3 is 4.18 Å². The molecule has 0 aliphatic rings. The summed E-state index contributed by atoms with van der Waals surface area (Å²) in [7, 11) is -3.94. The van der Waals surface area contributed by atoms with Crippen molar-refractivity contribution < 1.29 is 12.6 Å². The van der Waals surface area contributed by atoms with E-state index in [1.165, 1.54) is 24.4 Å². The topological polar surface area (TPSA) is 55.7 Å². The lowest BCUT2D eigenvalue weighted by atomic mass is 10.2. The molecule has 0 bridgehead atoms. The van der Waals surface area contributed by atoms with Gasteiger partial charge in [-0.15, -0.1) is 0 Å². The maximum atomic E-state index is 12.5. The van der Waals surface area contributed by atoms with Crippen LogP contribution in [0.25, 0.3) is 0 Å². The SMILES string of the molecule is Cc1ccc(N=Cc2cc(Cl)ccc2OS(=O)(=O)c2ccccc2)cc1. The van der Waals surface area contributed by atoms with Gasteiger partial charge in [0.2, 0.25) is 0 Å². The van der Waals surface area contributed by atoms with Crippen LogP contribution in [0.1, 0.15) is 11.1 Å². The van der Waals surface area contributed by atoms with E-state index in [1.807, 2.05) is 31.2 Å². The van der Waals surface area contributed by atoms with Gasteiger partial charge in [0.1, 0.15) is 4.90 Å². The molecule has 0 radical (unpaired) electrons. The Labute approximate surface area is 157 Å². The fourth-order valence-electron chi connectivity index (χ4n) is 2.22. The van der Waals surface area contributed by atoms with E-state index in [0.29, 0.717) is 10.6 Å². The van der Waals surface area contributed by atoms with E-state index >= 15 is 0 Å². The summed E-state index contributed by atoms with van der Waals surface area (Å²) in [6.07, 6.45) is 1.53. The predicted octanol–water partition coefficient (Wildman–Crippen LogP) is 5.17. The standard InChI is InChI=1S/C20H16ClNO3S/c1-15-7-10-18(11-8-15)22-14-16-13-17(21)9-12-20(16)25-26(23,24)19-5-3-2-4-6-19/h2-14H,1H3. The lowest BCUT2D eigenvalue weighted by molar-refractivity contribution is 0.485. The van der Waals surface area contributed by atoms with Gasteiger partial charge in [-0.3, -0.25) is 4.99 Å². The number of aliphatic imine (C=N–C) groups is 1. The molecular weight excluding hydrogens is 370 g/mol. The van der Waals surface area contributed by atoms with Crippen molar-refractivity contribution in [1.29, 1.82) is 0 Å². The second-order valence-corrected chi connectivity index (χ2v) is 7.61. The van der Waals surface area contributed by atoms with Crippen LogP contribution >= 0.6 is 11.6 Å². The summed E-state index contributed by atoms with van der Waals surface area (Å²) in [4.78, 5) is 4.44. The third-order valence-electron chi connectivity index (χ3n) is 3.59. The van der Waals surface area contributed by atoms with Crippen LogP contribution in [0.2, 0.25) is 5.02 Å². The molecule has 0 N–H and O–H groups in total. The fourth-order valence-corrected chi connectivity index (χ4v) is 3.38. The molecule has 3 aromatic rings. The van der Waals surface area contributed by atoms with Gasteiger partial charge in [-0.1, -0.05) is 47.5 Å². The molecule has 3 aromatic carbocycles. The number of rotatable bonds is 5. The van der Waals surface area contributed by atoms with Crippen molar-refractivity contribution in [2.75, 3.05) is 0 Å². The summed E-state index contributed by atoms with van der Waals surface area (Å²) in [5.41, 5.74) is 2.34. The van der Waals surface area contributed by atoms with Gasteiger partial charge in [0.25, 0.3) is 0 Å². The lowest BCUT2D eigenvalue weighted by Crippen LogP contribution is -2.10. The lowest BCUT2D eigenvalue weighted by Gasteiger charge is -2.09. The summed E-state index contributed by atoms with van der Waals surface area (Å²) in [5.74, 6) is 0.161. The minimum Gasteiger partial charge on any atom is -0.378 e. The Morgan fingerprint density at radius 2 is 1.65 bits per heavy atom. The van der Waals surface area contributed by atoms with Crippen LogP contribution in [0, 0.1) is 6.92 Å². The molecule has 6 heteroatoms. The molecule has 0 unspecified atom stereocenters. The molecule has 0 aliphatic carbocycles. The number of nitrogens with zero attached hydrogens (tertiary/aromatic N) is 1. The van der Waals surface area contributed by atoms with E-state index in [1.54, 1.807) is 30.3 Å². The highest BCUT2D eigenvalue weighted by Crippen LogP contribution is 2.26. The zero-order chi connectivity index (χ0) is 18.6. The van der Waals surface area contributed by atoms with Crippen molar-refractivity contribution in [1.82, 2.24) is 0 Å². The smallest absolute Gasteiger partial charge is 0.339 e. The Balaban J connectivity index is 1.92. The van der Waals surface area contributed by atoms with Gasteiger partial charge in [0.05, 0.1) is 5.69 Å². The van der Waals surface area contributed by atoms with Crippen molar-refractivity contribution >= 4 is 33.6 Å². The average Bonchev–Trinajstić information content (AvgIpc) is 2.64. The van der Waals surface area contributed by atoms with Crippen LogP contribution in [0.3, 0.4) is 0 Å². The van der Waals surface area contributed by atoms with Crippen LogP contribution in [-0.4, -0.2) is 14.6 Å². The maximum Gasteiger partial charge on any atom is 0.339 e. The highest BCUT2D eigenvalue weighted by molar-refractivity contribution is 7.87. The molecule has 4 nitrogen and oxygen atoms in total. The fraction of sp³-hybridized carbons (Fsp3) is 0.0500. The Morgan fingerprint density at radius 3 is 2.35 bits per heavy atom. The van der Waals surface area contributed by atoms with Crippen LogP contribution in [0.5, 0.6) is 5.75 Å². The van der Waals surface area contributed by atoms with Crippen molar-refractivity contribution in [3.63, 3.8) is 0 Å². The third-order valence-corrected chi connectivity index (χ3v) is 5.07. The highest BCUT2D eigenvalue weighted by atomic mass is 35.5. The number of benzene rings is 3. The van der Waals surface area contributed by atoms with Crippen LogP contribution in [0.4, 0.5) is 5.69 Å². The first kappa shape index (κ1) is 18.2. The Kier molecular flexibility index (Phi) is 5.40. The van der Waals surface area contributed by atoms with Gasteiger partial charge in [-0.05, 0) is 49.4 Å². The van der Waals surface area contributed by atoms with Gasteiger partial charge in [-0.2, -0.15) is 8.42 Å². The molecule has 0 atom stereocenters. The van der Waals surface area contributed by atoms with E-state index < -0.39 is 10.1 Å². The van der Waals surface area contributed by atoms with Gasteiger partial charge in [0.15, 0.2) is 5.75 Å². The van der Waals surface area contributed by atoms with Crippen LogP contribution in [0.15, 0.2) is 82.7 Å². The zero-order valence-corrected chi connectivity index (χ0v) is 15.5. The quantitative estimate of drug-likeness (QED) is 0.450. The summed E-state index contributed by atoms with van der Waals surface area (Å²) in [6, 6.07) is 20.3. The molecule has 0 fully saturated rings. The second-order valence-electron chi connectivity index (χ2n) is 5.63. The largest absolute Gasteiger partial charge is 0.378 e. The average molecular weight is 386 g/mol. The molecule has 3 rings (SSSR count). The van der Waals surface area contributed by atoms with E-state index in [0.717, 1.165) is 11.3 Å². The molecule has 0 saturated heterocycles. The summed E-state index contributed by atoms with van der Waals surface area (Å²) < 4.78 is 30.2. The minimum absolute atomic E-state index is 0.0800. The first-order chi connectivity index (χ1) is 12.4. The first-order valence-corrected chi connectivity index (χ1v) is 9.62. The van der Waals surface area contributed by atoms with Crippen molar-refractivity contribution in [2.45, 2.75) is 11.8 Å². The van der Waals surface area contributed by atoms with Crippen molar-refractivity contribution in [3.8, 4) is 5.75 Å². The number of hydrogen-bond acceptors (Lipinski definition) is 4. The highest BCUT2D eigenvalue weighted by Gasteiger charge is 2.18. The van der Waals surface area contributed by atoms with Crippen LogP contribution in [-0.2, 0) is 10.1 Å². The summed E-state index contributed by atoms with van der Waals surface area (Å²) in [5, 5.41) is 0.458. The third kappa shape index (κ3) is 4.50. The molecule has 0 amide bonds. The Bertz CT molecular complexity index is 1030. The zero-order valence-electron chi connectivity index (χ0n) is 14.0. The van der Waals surface area contributed by atoms with E-state index in [9.17, 15) is 8.42 Å². The molecule has 26 heavy (non-hydrogen) atoms. The predicted molar refractivity (Wildman–Crippen MR) is 104 cm³/mol.